The Labute approximate surface area is 70.5 Å². The van der Waals surface area contributed by atoms with E-state index < -0.39 is 20.8 Å². The Kier molecular flexibility index (Phi) is 2.86. The highest BCUT2D eigenvalue weighted by Gasteiger charge is 2.56. The molecule has 74 valence electrons. The van der Waals surface area contributed by atoms with Gasteiger partial charge in [0.15, 0.2) is 0 Å². The number of alkyl halides is 2. The van der Waals surface area contributed by atoms with Crippen LogP contribution in [0.4, 0.5) is 8.78 Å². The Morgan fingerprint density at radius 1 is 1.33 bits per heavy atom. The van der Waals surface area contributed by atoms with Crippen molar-refractivity contribution < 1.29 is 21.8 Å². The van der Waals surface area contributed by atoms with Gasteiger partial charge in [-0.25, -0.2) is 0 Å². The molecule has 12 heavy (non-hydrogen) atoms. The largest absolute Gasteiger partial charge is 0.374 e. The van der Waals surface area contributed by atoms with Gasteiger partial charge in [-0.05, 0) is 6.42 Å². The lowest BCUT2D eigenvalue weighted by atomic mass is 9.91. The van der Waals surface area contributed by atoms with E-state index in [1.165, 1.54) is 6.92 Å². The van der Waals surface area contributed by atoms with Gasteiger partial charge in [0, 0.05) is 5.41 Å². The highest BCUT2D eigenvalue weighted by Crippen LogP contribution is 2.42. The molecule has 6 heteroatoms. The summed E-state index contributed by atoms with van der Waals surface area (Å²) in [5, 5.41) is -4.09. The Morgan fingerprint density at radius 3 is 1.75 bits per heavy atom. The van der Waals surface area contributed by atoms with Crippen LogP contribution in [0.3, 0.4) is 0 Å². The van der Waals surface area contributed by atoms with E-state index in [0.29, 0.717) is 0 Å². The van der Waals surface area contributed by atoms with Gasteiger partial charge in [-0.3, -0.25) is 4.55 Å². The number of hydrogen-bond donors (Lipinski definition) is 1. The van der Waals surface area contributed by atoms with E-state index in [1.54, 1.807) is 0 Å². The molecule has 0 aliphatic carbocycles. The van der Waals surface area contributed by atoms with E-state index in [2.05, 4.69) is 0 Å². The molecule has 0 aromatic rings. The summed E-state index contributed by atoms with van der Waals surface area (Å²) >= 11 is 0. The fraction of sp³-hybridized carbons (Fsp3) is 1.00. The van der Waals surface area contributed by atoms with Crippen molar-refractivity contribution in [2.24, 2.45) is 5.41 Å². The molecule has 1 N–H and O–H groups in total. The molecule has 0 rings (SSSR count). The predicted molar refractivity (Wildman–Crippen MR) is 40.6 cm³/mol. The molecule has 0 aromatic carbocycles. The number of hydrogen-bond acceptors (Lipinski definition) is 2. The quantitative estimate of drug-likeness (QED) is 0.711. The lowest BCUT2D eigenvalue weighted by molar-refractivity contribution is -0.0360. The maximum atomic E-state index is 12.9. The fourth-order valence-corrected chi connectivity index (χ4v) is 1.40. The zero-order valence-electron chi connectivity index (χ0n) is 7.13. The first-order valence-corrected chi connectivity index (χ1v) is 4.85. The molecule has 0 unspecified atom stereocenters. The molecule has 0 aliphatic rings. The Bertz CT molecular complexity index is 256. The van der Waals surface area contributed by atoms with Gasteiger partial charge in [0.25, 0.3) is 0 Å². The van der Waals surface area contributed by atoms with Crippen molar-refractivity contribution in [3.63, 3.8) is 0 Å². The van der Waals surface area contributed by atoms with E-state index in [9.17, 15) is 17.2 Å². The second-order valence-corrected chi connectivity index (χ2v) is 4.69. The summed E-state index contributed by atoms with van der Waals surface area (Å²) in [6.07, 6.45) is -0.0419. The van der Waals surface area contributed by atoms with Gasteiger partial charge >= 0.3 is 15.4 Å². The second-order valence-electron chi connectivity index (χ2n) is 3.23. The minimum atomic E-state index is -5.31. The summed E-state index contributed by atoms with van der Waals surface area (Å²) in [6, 6.07) is 0. The molecule has 0 amide bonds. The van der Waals surface area contributed by atoms with Crippen LogP contribution in [0.5, 0.6) is 0 Å². The maximum Gasteiger partial charge on any atom is 0.374 e. The van der Waals surface area contributed by atoms with Crippen LogP contribution in [0.25, 0.3) is 0 Å². The van der Waals surface area contributed by atoms with E-state index in [4.69, 9.17) is 4.55 Å². The fourth-order valence-electron chi connectivity index (χ4n) is 0.555. The van der Waals surface area contributed by atoms with Crippen molar-refractivity contribution in [2.75, 3.05) is 0 Å². The zero-order chi connectivity index (χ0) is 10.2. The minimum Gasteiger partial charge on any atom is -0.281 e. The van der Waals surface area contributed by atoms with Gasteiger partial charge in [-0.2, -0.15) is 17.2 Å². The lowest BCUT2D eigenvalue weighted by Gasteiger charge is -2.29. The van der Waals surface area contributed by atoms with E-state index in [1.807, 2.05) is 0 Å². The molecule has 0 aromatic heterocycles. The van der Waals surface area contributed by atoms with Crippen molar-refractivity contribution in [1.82, 2.24) is 0 Å². The van der Waals surface area contributed by atoms with Crippen molar-refractivity contribution in [3.8, 4) is 0 Å². The molecule has 0 saturated heterocycles. The Hall–Kier alpha value is -0.230. The normalized spacial score (nSPS) is 14.8. The Balaban J connectivity index is 5.13. The third-order valence-corrected chi connectivity index (χ3v) is 3.20. The van der Waals surface area contributed by atoms with Crippen molar-refractivity contribution in [1.29, 1.82) is 0 Å². The molecule has 0 fully saturated rings. The summed E-state index contributed by atoms with van der Waals surface area (Å²) in [5.41, 5.74) is -1.75. The zero-order valence-corrected chi connectivity index (χ0v) is 7.95. The predicted octanol–water partition coefficient (Wildman–Crippen LogP) is 1.90. The summed E-state index contributed by atoms with van der Waals surface area (Å²) in [4.78, 5) is 0. The van der Waals surface area contributed by atoms with E-state index in [-0.39, 0.29) is 6.42 Å². The molecule has 3 nitrogen and oxygen atoms in total. The molecule has 0 radical (unpaired) electrons. The summed E-state index contributed by atoms with van der Waals surface area (Å²) in [6.45, 7) is 3.60. The summed E-state index contributed by atoms with van der Waals surface area (Å²) in [5.74, 6) is 0. The highest BCUT2D eigenvalue weighted by molar-refractivity contribution is 7.86. The maximum absolute atomic E-state index is 12.9. The Morgan fingerprint density at radius 2 is 1.67 bits per heavy atom. The monoisotopic (exact) mass is 202 g/mol. The van der Waals surface area contributed by atoms with Crippen LogP contribution in [0.2, 0.25) is 0 Å². The van der Waals surface area contributed by atoms with Crippen LogP contribution < -0.4 is 0 Å². The minimum absolute atomic E-state index is 0.0419. The topological polar surface area (TPSA) is 54.4 Å². The van der Waals surface area contributed by atoms with Crippen molar-refractivity contribution >= 4 is 10.1 Å². The first-order valence-electron chi connectivity index (χ1n) is 3.41. The molecular weight excluding hydrogens is 190 g/mol. The number of halogens is 2. The molecule has 0 atom stereocenters. The first-order chi connectivity index (χ1) is 5.06. The van der Waals surface area contributed by atoms with Crippen LogP contribution in [0, 0.1) is 5.41 Å². The molecular formula is C6H12F2O3S. The van der Waals surface area contributed by atoms with Crippen LogP contribution in [-0.4, -0.2) is 18.2 Å². The number of rotatable bonds is 3. The van der Waals surface area contributed by atoms with Crippen LogP contribution in [0.15, 0.2) is 0 Å². The van der Waals surface area contributed by atoms with Crippen LogP contribution in [0.1, 0.15) is 27.2 Å². The van der Waals surface area contributed by atoms with Gasteiger partial charge < -0.3 is 0 Å². The molecule has 0 heterocycles. The van der Waals surface area contributed by atoms with Crippen molar-refractivity contribution in [2.45, 2.75) is 32.4 Å². The molecule has 0 spiro atoms. The molecule has 0 saturated carbocycles. The average molecular weight is 202 g/mol. The van der Waals surface area contributed by atoms with Gasteiger partial charge in [0.2, 0.25) is 0 Å². The third kappa shape index (κ3) is 1.74. The summed E-state index contributed by atoms with van der Waals surface area (Å²) in [7, 11) is -5.31. The highest BCUT2D eigenvalue weighted by atomic mass is 32.2. The van der Waals surface area contributed by atoms with Gasteiger partial charge in [-0.1, -0.05) is 20.8 Å². The smallest absolute Gasteiger partial charge is 0.281 e. The third-order valence-electron chi connectivity index (χ3n) is 2.00. The lowest BCUT2D eigenvalue weighted by Crippen LogP contribution is -2.42. The average Bonchev–Trinajstić information content (AvgIpc) is 1.85. The SMILES string of the molecule is CCC(C)(C)C(F)(F)S(=O)(=O)O. The molecule has 0 bridgehead atoms. The second kappa shape index (κ2) is 2.92. The van der Waals surface area contributed by atoms with Crippen LogP contribution >= 0.6 is 0 Å². The first kappa shape index (κ1) is 11.8. The van der Waals surface area contributed by atoms with Crippen molar-refractivity contribution in [3.05, 3.63) is 0 Å². The van der Waals surface area contributed by atoms with E-state index >= 15 is 0 Å². The van der Waals surface area contributed by atoms with Gasteiger partial charge in [0.05, 0.1) is 0 Å². The van der Waals surface area contributed by atoms with Gasteiger partial charge in [-0.15, -0.1) is 0 Å². The van der Waals surface area contributed by atoms with E-state index in [0.717, 1.165) is 13.8 Å². The van der Waals surface area contributed by atoms with Gasteiger partial charge in [0.1, 0.15) is 0 Å². The van der Waals surface area contributed by atoms with Crippen LogP contribution in [-0.2, 0) is 10.1 Å². The molecule has 0 aliphatic heterocycles. The summed E-state index contributed by atoms with van der Waals surface area (Å²) < 4.78 is 54.5. The standard InChI is InChI=1S/C6H12F2O3S/c1-4-5(2,3)6(7,8)12(9,10)11/h4H2,1-3H3,(H,9,10,11).